The molecule has 0 aromatic carbocycles. The minimum atomic E-state index is 0.0756. The molecule has 3 nitrogen and oxygen atoms in total. The first kappa shape index (κ1) is 36.9. The fraction of sp³-hybridized carbons (Fsp3) is 1.00. The lowest BCUT2D eigenvalue weighted by Crippen LogP contribution is -2.34. The molecule has 1 heterocycles. The monoisotopic (exact) mass is 553 g/mol. The van der Waals surface area contributed by atoms with E-state index in [1.54, 1.807) is 0 Å². The summed E-state index contributed by atoms with van der Waals surface area (Å²) in [5.74, 6) is 0. The van der Waals surface area contributed by atoms with E-state index in [0.717, 1.165) is 32.8 Å². The molecule has 1 aliphatic rings. The fourth-order valence-electron chi connectivity index (χ4n) is 5.98. The van der Waals surface area contributed by atoms with E-state index in [9.17, 15) is 0 Å². The fourth-order valence-corrected chi connectivity index (χ4v) is 5.98. The third-order valence-corrected chi connectivity index (χ3v) is 8.76. The highest BCUT2D eigenvalue weighted by Crippen LogP contribution is 2.33. The number of ether oxygens (including phenoxy) is 3. The van der Waals surface area contributed by atoms with E-state index in [4.69, 9.17) is 14.2 Å². The molecule has 0 spiro atoms. The molecular formula is C36H72O3. The Balaban J connectivity index is 2.50. The van der Waals surface area contributed by atoms with Gasteiger partial charge in [0.05, 0.1) is 18.8 Å². The number of rotatable bonds is 33. The zero-order valence-electron chi connectivity index (χ0n) is 27.2. The first-order chi connectivity index (χ1) is 19.3. The van der Waals surface area contributed by atoms with Gasteiger partial charge in [0.1, 0.15) is 6.10 Å². The largest absolute Gasteiger partial charge is 0.379 e. The van der Waals surface area contributed by atoms with Crippen molar-refractivity contribution in [3.63, 3.8) is 0 Å². The van der Waals surface area contributed by atoms with Gasteiger partial charge in [-0.2, -0.15) is 0 Å². The second-order valence-corrected chi connectivity index (χ2v) is 12.7. The standard InChI is InChI=1S/C36H72O3/c1-4-7-10-13-16-19-22-25-29-36(28-24-21-18-15-12-9-6-3,30-27-31-37-33-35-34-38-35)39-32-26-23-20-17-14-11-8-5-2/h35H,4-34H2,1-3H3. The maximum absolute atomic E-state index is 6.94. The molecule has 0 N–H and O–H groups in total. The molecule has 0 saturated carbocycles. The average Bonchev–Trinajstić information content (AvgIpc) is 3.77. The Kier molecular flexibility index (Phi) is 26.5. The second kappa shape index (κ2) is 28.0. The molecule has 1 rings (SSSR count). The van der Waals surface area contributed by atoms with Gasteiger partial charge in [-0.3, -0.25) is 0 Å². The molecule has 234 valence electrons. The van der Waals surface area contributed by atoms with Crippen molar-refractivity contribution in [1.82, 2.24) is 0 Å². The zero-order valence-corrected chi connectivity index (χ0v) is 27.2. The maximum Gasteiger partial charge on any atom is 0.104 e. The number of epoxide rings is 1. The van der Waals surface area contributed by atoms with Crippen LogP contribution < -0.4 is 0 Å². The van der Waals surface area contributed by atoms with Crippen molar-refractivity contribution in [1.29, 1.82) is 0 Å². The summed E-state index contributed by atoms with van der Waals surface area (Å²) in [5.41, 5.74) is 0.0756. The minimum Gasteiger partial charge on any atom is -0.379 e. The number of hydrogen-bond donors (Lipinski definition) is 0. The van der Waals surface area contributed by atoms with E-state index >= 15 is 0 Å². The highest BCUT2D eigenvalue weighted by atomic mass is 16.6. The summed E-state index contributed by atoms with van der Waals surface area (Å²) < 4.78 is 18.2. The van der Waals surface area contributed by atoms with E-state index < -0.39 is 0 Å². The Morgan fingerprint density at radius 2 is 0.872 bits per heavy atom. The summed E-state index contributed by atoms with van der Waals surface area (Å²) in [7, 11) is 0. The Bertz CT molecular complexity index is 478. The van der Waals surface area contributed by atoms with Crippen LogP contribution in [-0.2, 0) is 14.2 Å². The van der Waals surface area contributed by atoms with Crippen LogP contribution in [0.25, 0.3) is 0 Å². The molecule has 0 radical (unpaired) electrons. The van der Waals surface area contributed by atoms with Crippen molar-refractivity contribution >= 4 is 0 Å². The molecule has 0 aromatic rings. The predicted molar refractivity (Wildman–Crippen MR) is 171 cm³/mol. The van der Waals surface area contributed by atoms with Gasteiger partial charge < -0.3 is 14.2 Å². The Morgan fingerprint density at radius 1 is 0.487 bits per heavy atom. The van der Waals surface area contributed by atoms with Crippen molar-refractivity contribution in [3.8, 4) is 0 Å². The van der Waals surface area contributed by atoms with Crippen molar-refractivity contribution < 1.29 is 14.2 Å². The van der Waals surface area contributed by atoms with Crippen molar-refractivity contribution in [2.45, 2.75) is 206 Å². The third-order valence-electron chi connectivity index (χ3n) is 8.76. The van der Waals surface area contributed by atoms with Crippen LogP contribution in [0, 0.1) is 0 Å². The normalized spacial score (nSPS) is 16.5. The zero-order chi connectivity index (χ0) is 28.1. The molecular weight excluding hydrogens is 480 g/mol. The number of unbranched alkanes of at least 4 members (excludes halogenated alkanes) is 20. The topological polar surface area (TPSA) is 31.0 Å². The van der Waals surface area contributed by atoms with Crippen molar-refractivity contribution in [2.75, 3.05) is 26.4 Å². The summed E-state index contributed by atoms with van der Waals surface area (Å²) in [6.07, 6.45) is 36.9. The van der Waals surface area contributed by atoms with Crippen LogP contribution in [0.1, 0.15) is 194 Å². The van der Waals surface area contributed by atoms with Gasteiger partial charge in [0, 0.05) is 13.2 Å². The van der Waals surface area contributed by atoms with E-state index in [2.05, 4.69) is 20.8 Å². The van der Waals surface area contributed by atoms with E-state index in [0.29, 0.717) is 6.10 Å². The van der Waals surface area contributed by atoms with Gasteiger partial charge >= 0.3 is 0 Å². The van der Waals surface area contributed by atoms with Gasteiger partial charge in [0.2, 0.25) is 0 Å². The van der Waals surface area contributed by atoms with Crippen LogP contribution >= 0.6 is 0 Å². The van der Waals surface area contributed by atoms with Gasteiger partial charge in [0.15, 0.2) is 0 Å². The SMILES string of the molecule is CCCCCCCCCCOC(CCCCCCCCC)(CCCCCCCCCC)CCCOCC1CO1. The highest BCUT2D eigenvalue weighted by molar-refractivity contribution is 4.82. The third kappa shape index (κ3) is 24.2. The lowest BCUT2D eigenvalue weighted by Gasteiger charge is -2.35. The smallest absolute Gasteiger partial charge is 0.104 e. The summed E-state index contributed by atoms with van der Waals surface area (Å²) >= 11 is 0. The first-order valence-electron chi connectivity index (χ1n) is 18.1. The second-order valence-electron chi connectivity index (χ2n) is 12.7. The molecule has 1 fully saturated rings. The molecule has 0 aromatic heterocycles. The molecule has 2 atom stereocenters. The van der Waals surface area contributed by atoms with Gasteiger partial charge in [-0.25, -0.2) is 0 Å². The molecule has 2 unspecified atom stereocenters. The quantitative estimate of drug-likeness (QED) is 0.0599. The molecule has 3 heteroatoms. The van der Waals surface area contributed by atoms with Crippen molar-refractivity contribution in [3.05, 3.63) is 0 Å². The summed E-state index contributed by atoms with van der Waals surface area (Å²) in [6, 6.07) is 0. The average molecular weight is 553 g/mol. The minimum absolute atomic E-state index is 0.0756. The predicted octanol–water partition coefficient (Wildman–Crippen LogP) is 11.7. The lowest BCUT2D eigenvalue weighted by molar-refractivity contribution is -0.0724. The Morgan fingerprint density at radius 3 is 1.31 bits per heavy atom. The summed E-state index contributed by atoms with van der Waals surface area (Å²) in [4.78, 5) is 0. The molecule has 39 heavy (non-hydrogen) atoms. The van der Waals surface area contributed by atoms with Gasteiger partial charge in [-0.15, -0.1) is 0 Å². The van der Waals surface area contributed by atoms with E-state index in [-0.39, 0.29) is 5.60 Å². The van der Waals surface area contributed by atoms with Crippen LogP contribution in [0.2, 0.25) is 0 Å². The van der Waals surface area contributed by atoms with Crippen LogP contribution in [0.3, 0.4) is 0 Å². The van der Waals surface area contributed by atoms with E-state index in [1.165, 1.54) is 167 Å². The molecule has 1 aliphatic heterocycles. The Labute approximate surface area is 246 Å². The molecule has 0 aliphatic carbocycles. The van der Waals surface area contributed by atoms with Crippen LogP contribution in [-0.4, -0.2) is 38.1 Å². The maximum atomic E-state index is 6.94. The summed E-state index contributed by atoms with van der Waals surface area (Å²) in [5, 5.41) is 0. The van der Waals surface area contributed by atoms with Gasteiger partial charge in [-0.05, 0) is 32.1 Å². The first-order valence-corrected chi connectivity index (χ1v) is 18.1. The van der Waals surface area contributed by atoms with Crippen LogP contribution in [0.5, 0.6) is 0 Å². The van der Waals surface area contributed by atoms with Gasteiger partial charge in [-0.1, -0.05) is 162 Å². The summed E-state index contributed by atoms with van der Waals surface area (Å²) in [6.45, 7) is 10.4. The highest BCUT2D eigenvalue weighted by Gasteiger charge is 2.30. The number of hydrogen-bond acceptors (Lipinski definition) is 3. The lowest BCUT2D eigenvalue weighted by atomic mass is 9.85. The Hall–Kier alpha value is -0.120. The molecule has 0 amide bonds. The van der Waals surface area contributed by atoms with Crippen molar-refractivity contribution in [2.24, 2.45) is 0 Å². The van der Waals surface area contributed by atoms with Crippen LogP contribution in [0.15, 0.2) is 0 Å². The van der Waals surface area contributed by atoms with E-state index in [1.807, 2.05) is 0 Å². The van der Waals surface area contributed by atoms with Crippen LogP contribution in [0.4, 0.5) is 0 Å². The molecule has 1 saturated heterocycles. The molecule has 0 bridgehead atoms. The van der Waals surface area contributed by atoms with Gasteiger partial charge in [0.25, 0.3) is 0 Å².